The first-order chi connectivity index (χ1) is 25.6. The third-order valence-corrected chi connectivity index (χ3v) is 11.8. The molecule has 0 saturated heterocycles. The molecule has 1 amide bonds. The van der Waals surface area contributed by atoms with Crippen molar-refractivity contribution in [2.75, 3.05) is 6.61 Å². The molecule has 54 heavy (non-hydrogen) atoms. The molecule has 0 spiro atoms. The number of carbonyl (C=O) groups excluding carboxylic acids is 1. The molecule has 16 heteroatoms. The summed E-state index contributed by atoms with van der Waals surface area (Å²) < 4.78 is 62.9. The lowest BCUT2D eigenvalue weighted by atomic mass is 9.97. The molecule has 1 aliphatic carbocycles. The van der Waals surface area contributed by atoms with Crippen LogP contribution in [0.3, 0.4) is 0 Å². The number of hydrogen-bond acceptors (Lipinski definition) is 9. The zero-order valence-electron chi connectivity index (χ0n) is 30.4. The van der Waals surface area contributed by atoms with Crippen LogP contribution in [0.2, 0.25) is 0 Å². The Labute approximate surface area is 309 Å². The maximum Gasteiger partial charge on any atom is 0.407 e. The number of amides is 1. The summed E-state index contributed by atoms with van der Waals surface area (Å²) in [4.78, 5) is 32.1. The van der Waals surface area contributed by atoms with Gasteiger partial charge in [-0.2, -0.15) is 4.39 Å². The summed E-state index contributed by atoms with van der Waals surface area (Å²) >= 11 is 0. The Morgan fingerprint density at radius 3 is 2.46 bits per heavy atom. The fourth-order valence-electron chi connectivity index (χ4n) is 7.81. The van der Waals surface area contributed by atoms with Gasteiger partial charge in [0.2, 0.25) is 5.95 Å². The van der Waals surface area contributed by atoms with Crippen LogP contribution in [0.5, 0.6) is 0 Å². The smallest absolute Gasteiger partial charge is 0.407 e. The number of imidazole rings is 1. The van der Waals surface area contributed by atoms with Crippen LogP contribution in [0.4, 0.5) is 9.18 Å². The Hall–Kier alpha value is -5.32. The minimum atomic E-state index is -4.46. The quantitative estimate of drug-likeness (QED) is 0.260. The third kappa shape index (κ3) is 5.97. The fourth-order valence-corrected chi connectivity index (χ4v) is 9.32. The van der Waals surface area contributed by atoms with E-state index in [-0.39, 0.29) is 47.7 Å². The number of rotatable bonds is 4. The highest BCUT2D eigenvalue weighted by Crippen LogP contribution is 2.46. The van der Waals surface area contributed by atoms with E-state index in [9.17, 15) is 23.1 Å². The van der Waals surface area contributed by atoms with Crippen molar-refractivity contribution >= 4 is 38.2 Å². The number of ether oxygens (including phenoxy) is 2. The second kappa shape index (κ2) is 12.9. The van der Waals surface area contributed by atoms with Gasteiger partial charge in [0.05, 0.1) is 63.6 Å². The second-order valence-corrected chi connectivity index (χ2v) is 16.8. The molecule has 1 unspecified atom stereocenters. The van der Waals surface area contributed by atoms with Crippen molar-refractivity contribution in [1.82, 2.24) is 33.2 Å². The van der Waals surface area contributed by atoms with Crippen molar-refractivity contribution in [2.45, 2.75) is 74.8 Å². The molecule has 282 valence electrons. The van der Waals surface area contributed by atoms with Crippen LogP contribution in [-0.4, -0.2) is 77.9 Å². The number of benzene rings is 2. The molecular weight excluding hydrogens is 718 g/mol. The zero-order chi connectivity index (χ0) is 38.3. The predicted octanol–water partition coefficient (Wildman–Crippen LogP) is 4.66. The number of hydrogen-bond donors (Lipinski definition) is 2. The second-order valence-electron chi connectivity index (χ2n) is 15.0. The van der Waals surface area contributed by atoms with Gasteiger partial charge in [0.15, 0.2) is 5.65 Å². The van der Waals surface area contributed by atoms with Crippen molar-refractivity contribution in [3.63, 3.8) is 0 Å². The Morgan fingerprint density at radius 2 is 1.80 bits per heavy atom. The first-order valence-electron chi connectivity index (χ1n) is 17.7. The Balaban J connectivity index is 1.48. The summed E-state index contributed by atoms with van der Waals surface area (Å²) in [6.07, 6.45) is 1.44. The summed E-state index contributed by atoms with van der Waals surface area (Å²) in [6.45, 7) is 5.24. The molecule has 3 aliphatic rings. The van der Waals surface area contributed by atoms with Crippen LogP contribution in [-0.2, 0) is 40.0 Å². The van der Waals surface area contributed by atoms with Crippen LogP contribution >= 0.6 is 0 Å². The number of fused-ring (bicyclic) bond motifs is 5. The Bertz CT molecular complexity index is 2600. The van der Waals surface area contributed by atoms with Crippen LogP contribution in [0, 0.1) is 5.95 Å². The van der Waals surface area contributed by atoms with Gasteiger partial charge in [-0.25, -0.2) is 27.0 Å². The number of nitrogens with one attached hydrogen (secondary N) is 1. The van der Waals surface area contributed by atoms with E-state index in [1.165, 1.54) is 40.8 Å². The summed E-state index contributed by atoms with van der Waals surface area (Å²) in [5, 5.41) is 18.3. The SMILES string of the molecule is Cn1cc(-c2c3c4c(ncc5c4n(c(=O)n5C)[C@H]4C[C@H](NC(=O)OC(C)(C)C)[C@@H](C4)OCC(O)Cc4ccc-3cc4)n2S(=O)(=O)c2ccccc2)c(F)n1. The van der Waals surface area contributed by atoms with E-state index in [0.29, 0.717) is 27.5 Å². The van der Waals surface area contributed by atoms with Crippen molar-refractivity contribution in [2.24, 2.45) is 14.1 Å². The van der Waals surface area contributed by atoms with Crippen molar-refractivity contribution in [3.05, 3.63) is 89.0 Å². The monoisotopic (exact) mass is 757 g/mol. The van der Waals surface area contributed by atoms with Gasteiger partial charge in [0.1, 0.15) is 5.60 Å². The molecule has 2 aliphatic heterocycles. The molecule has 4 atom stereocenters. The Morgan fingerprint density at radius 1 is 1.07 bits per heavy atom. The van der Waals surface area contributed by atoms with E-state index in [1.54, 1.807) is 74.9 Å². The first kappa shape index (κ1) is 35.7. The standard InChI is InChI=1S/C38H40FN7O7S/c1-38(2,3)53-36(48)41-27-16-23-17-29(27)52-20-24(47)15-21-11-13-22(14-12-21)30-31-33-28(44(5)37(49)45(23)33)18-40-35(31)46(32(30)26-19-43(4)42-34(26)39)54(50,51)25-9-7-6-8-10-25/h6-14,18-19,23-24,27,29,47H,15-17,20H2,1-5H3,(H,41,48)/t23-,24?,27-,29+/m0/s1. The molecule has 2 N–H and O–H groups in total. The highest BCUT2D eigenvalue weighted by Gasteiger charge is 2.41. The topological polar surface area (TPSA) is 164 Å². The van der Waals surface area contributed by atoms with Gasteiger partial charge in [0, 0.05) is 38.3 Å². The lowest BCUT2D eigenvalue weighted by Gasteiger charge is -2.25. The van der Waals surface area contributed by atoms with Crippen LogP contribution in [0.25, 0.3) is 44.5 Å². The number of nitrogens with zero attached hydrogens (tertiary/aromatic N) is 6. The predicted molar refractivity (Wildman–Crippen MR) is 198 cm³/mol. The number of aromatic nitrogens is 6. The van der Waals surface area contributed by atoms with Crippen molar-refractivity contribution in [1.29, 1.82) is 0 Å². The number of carbonyl (C=O) groups is 1. The third-order valence-electron chi connectivity index (χ3n) is 10.1. The van der Waals surface area contributed by atoms with E-state index in [1.807, 2.05) is 0 Å². The van der Waals surface area contributed by atoms with E-state index >= 15 is 4.39 Å². The van der Waals surface area contributed by atoms with Crippen LogP contribution in [0.15, 0.2) is 76.7 Å². The average Bonchev–Trinajstić information content (AvgIpc) is 3.83. The average molecular weight is 758 g/mol. The summed E-state index contributed by atoms with van der Waals surface area (Å²) in [5.41, 5.74) is 1.13. The van der Waals surface area contributed by atoms with Gasteiger partial charge in [-0.1, -0.05) is 42.5 Å². The lowest BCUT2D eigenvalue weighted by molar-refractivity contribution is -0.0193. The molecule has 4 aromatic heterocycles. The molecule has 6 heterocycles. The summed E-state index contributed by atoms with van der Waals surface area (Å²) in [7, 11) is -1.31. The normalized spacial score (nSPS) is 20.4. The van der Waals surface area contributed by atoms with E-state index < -0.39 is 57.6 Å². The molecule has 9 rings (SSSR count). The molecular formula is C38H40FN7O7S. The van der Waals surface area contributed by atoms with Gasteiger partial charge in [-0.15, -0.1) is 5.10 Å². The summed E-state index contributed by atoms with van der Waals surface area (Å²) in [5.74, 6) is -0.898. The molecule has 6 aromatic rings. The highest BCUT2D eigenvalue weighted by molar-refractivity contribution is 7.90. The van der Waals surface area contributed by atoms with E-state index in [2.05, 4.69) is 10.4 Å². The number of pyridine rings is 1. The molecule has 1 saturated carbocycles. The number of aliphatic hydroxyl groups is 1. The number of halogens is 1. The molecule has 2 aromatic carbocycles. The van der Waals surface area contributed by atoms with Gasteiger partial charge < -0.3 is 19.9 Å². The van der Waals surface area contributed by atoms with Gasteiger partial charge in [-0.3, -0.25) is 13.8 Å². The van der Waals surface area contributed by atoms with E-state index in [4.69, 9.17) is 14.5 Å². The maximum atomic E-state index is 16.0. The van der Waals surface area contributed by atoms with E-state index in [0.717, 1.165) is 9.54 Å². The first-order valence-corrected chi connectivity index (χ1v) is 19.1. The van der Waals surface area contributed by atoms with Gasteiger partial charge >= 0.3 is 11.8 Å². The number of aryl methyl sites for hydroxylation is 2. The molecule has 0 radical (unpaired) electrons. The molecule has 14 nitrogen and oxygen atoms in total. The fraction of sp³-hybridized carbons (Fsp3) is 0.368. The van der Waals surface area contributed by atoms with Crippen molar-refractivity contribution in [3.8, 4) is 22.4 Å². The Kier molecular flexibility index (Phi) is 8.54. The van der Waals surface area contributed by atoms with Crippen LogP contribution < -0.4 is 11.0 Å². The minimum Gasteiger partial charge on any atom is -0.444 e. The lowest BCUT2D eigenvalue weighted by Crippen LogP contribution is -2.44. The van der Waals surface area contributed by atoms with Crippen molar-refractivity contribution < 1.29 is 32.2 Å². The zero-order valence-corrected chi connectivity index (χ0v) is 31.2. The molecule has 1 fully saturated rings. The molecule has 4 bridgehead atoms. The van der Waals surface area contributed by atoms with Crippen LogP contribution in [0.1, 0.15) is 45.2 Å². The van der Waals surface area contributed by atoms with Gasteiger partial charge in [0.25, 0.3) is 10.0 Å². The van der Waals surface area contributed by atoms with Gasteiger partial charge in [-0.05, 0) is 56.9 Å². The number of alkyl carbamates (subject to hydrolysis) is 1. The number of aliphatic hydroxyl groups excluding tert-OH is 1. The minimum absolute atomic E-state index is 0.0167. The largest absolute Gasteiger partial charge is 0.444 e. The highest BCUT2D eigenvalue weighted by atomic mass is 32.2. The summed E-state index contributed by atoms with van der Waals surface area (Å²) in [6, 6.07) is 13.8. The maximum absolute atomic E-state index is 16.0.